The van der Waals surface area contributed by atoms with Crippen LogP contribution in [0.4, 0.5) is 0 Å². The van der Waals surface area contributed by atoms with E-state index in [9.17, 15) is 0 Å². The summed E-state index contributed by atoms with van der Waals surface area (Å²) in [5.74, 6) is 1.86. The van der Waals surface area contributed by atoms with Crippen molar-refractivity contribution in [1.29, 1.82) is 0 Å². The van der Waals surface area contributed by atoms with Crippen molar-refractivity contribution in [2.24, 2.45) is 4.99 Å². The normalized spacial score (nSPS) is 25.7. The zero-order valence-corrected chi connectivity index (χ0v) is 15.7. The molecular formula is C23H29N3. The van der Waals surface area contributed by atoms with E-state index in [1.165, 1.54) is 35.4 Å². The molecule has 1 aliphatic carbocycles. The van der Waals surface area contributed by atoms with Crippen molar-refractivity contribution in [2.75, 3.05) is 13.1 Å². The minimum atomic E-state index is 0.0490. The van der Waals surface area contributed by atoms with Gasteiger partial charge < -0.3 is 10.6 Å². The van der Waals surface area contributed by atoms with Crippen LogP contribution in [0.2, 0.25) is 0 Å². The minimum absolute atomic E-state index is 0.0490. The number of nitrogens with zero attached hydrogens (tertiary/aromatic N) is 1. The van der Waals surface area contributed by atoms with Gasteiger partial charge in [0.15, 0.2) is 0 Å². The third kappa shape index (κ3) is 3.68. The molecule has 2 aliphatic rings. The Morgan fingerprint density at radius 1 is 1.08 bits per heavy atom. The van der Waals surface area contributed by atoms with Gasteiger partial charge in [0, 0.05) is 13.1 Å². The molecule has 3 heteroatoms. The van der Waals surface area contributed by atoms with Crippen molar-refractivity contribution < 1.29 is 0 Å². The first-order chi connectivity index (χ1) is 12.8. The molecule has 2 N–H and O–H groups in total. The Kier molecular flexibility index (Phi) is 5.07. The Morgan fingerprint density at radius 3 is 2.65 bits per heavy atom. The van der Waals surface area contributed by atoms with Crippen LogP contribution >= 0.6 is 0 Å². The highest BCUT2D eigenvalue weighted by Gasteiger charge is 2.41. The van der Waals surface area contributed by atoms with Crippen LogP contribution in [-0.2, 0) is 6.54 Å². The van der Waals surface area contributed by atoms with Crippen LogP contribution in [0, 0.1) is 6.92 Å². The summed E-state index contributed by atoms with van der Waals surface area (Å²) in [6.07, 6.45) is 4.77. The average molecular weight is 348 g/mol. The molecule has 0 atom stereocenters. The Balaban J connectivity index is 1.43. The lowest BCUT2D eigenvalue weighted by atomic mass is 9.73. The van der Waals surface area contributed by atoms with Crippen LogP contribution < -0.4 is 10.6 Å². The maximum Gasteiger partial charge on any atom is 0.117 e. The molecule has 1 fully saturated rings. The zero-order valence-electron chi connectivity index (χ0n) is 15.7. The SMILES string of the molecule is Cc1cccc(CNC2=NCCNC23CCC(c2ccccc2)CC3)c1. The number of amidine groups is 1. The smallest absolute Gasteiger partial charge is 0.117 e. The summed E-state index contributed by atoms with van der Waals surface area (Å²) >= 11 is 0. The number of hydrogen-bond acceptors (Lipinski definition) is 3. The summed E-state index contributed by atoms with van der Waals surface area (Å²) in [5.41, 5.74) is 4.18. The van der Waals surface area contributed by atoms with Crippen LogP contribution in [0.1, 0.15) is 48.3 Å². The fourth-order valence-electron chi connectivity index (χ4n) is 4.51. The monoisotopic (exact) mass is 347 g/mol. The van der Waals surface area contributed by atoms with Gasteiger partial charge in [0.25, 0.3) is 0 Å². The Hall–Kier alpha value is -2.13. The molecule has 0 radical (unpaired) electrons. The van der Waals surface area contributed by atoms with Crippen molar-refractivity contribution in [3.05, 3.63) is 71.3 Å². The van der Waals surface area contributed by atoms with Crippen LogP contribution in [0.25, 0.3) is 0 Å². The first-order valence-electron chi connectivity index (χ1n) is 9.89. The maximum atomic E-state index is 4.88. The van der Waals surface area contributed by atoms with Crippen LogP contribution in [0.15, 0.2) is 59.6 Å². The predicted octanol–water partition coefficient (Wildman–Crippen LogP) is 4.18. The fraction of sp³-hybridized carbons (Fsp3) is 0.435. The third-order valence-electron chi connectivity index (χ3n) is 5.95. The maximum absolute atomic E-state index is 4.88. The quantitative estimate of drug-likeness (QED) is 0.874. The third-order valence-corrected chi connectivity index (χ3v) is 5.95. The van der Waals surface area contributed by atoms with E-state index in [4.69, 9.17) is 4.99 Å². The number of nitrogens with one attached hydrogen (secondary N) is 2. The lowest BCUT2D eigenvalue weighted by Gasteiger charge is -2.44. The second-order valence-corrected chi connectivity index (χ2v) is 7.77. The van der Waals surface area contributed by atoms with E-state index in [0.717, 1.165) is 32.5 Å². The van der Waals surface area contributed by atoms with Gasteiger partial charge in [0.05, 0.1) is 12.1 Å². The van der Waals surface area contributed by atoms with E-state index >= 15 is 0 Å². The first kappa shape index (κ1) is 17.3. The zero-order chi connectivity index (χ0) is 17.8. The van der Waals surface area contributed by atoms with Crippen molar-refractivity contribution in [2.45, 2.75) is 50.6 Å². The highest BCUT2D eigenvalue weighted by molar-refractivity contribution is 5.92. The molecule has 2 aromatic carbocycles. The molecule has 26 heavy (non-hydrogen) atoms. The Morgan fingerprint density at radius 2 is 1.88 bits per heavy atom. The molecule has 136 valence electrons. The highest BCUT2D eigenvalue weighted by atomic mass is 15.2. The average Bonchev–Trinajstić information content (AvgIpc) is 2.69. The standard InChI is InChI=1S/C23H29N3/c1-18-6-5-7-19(16-18)17-25-22-23(26-15-14-24-22)12-10-21(11-13-23)20-8-3-2-4-9-20/h2-9,16,21,26H,10-15,17H2,1H3,(H,24,25). The summed E-state index contributed by atoms with van der Waals surface area (Å²) in [5, 5.41) is 7.48. The van der Waals surface area contributed by atoms with Gasteiger partial charge in [-0.15, -0.1) is 0 Å². The largest absolute Gasteiger partial charge is 0.368 e. The van der Waals surface area contributed by atoms with Crippen molar-refractivity contribution in [3.8, 4) is 0 Å². The fourth-order valence-corrected chi connectivity index (χ4v) is 4.51. The van der Waals surface area contributed by atoms with Gasteiger partial charge >= 0.3 is 0 Å². The summed E-state index contributed by atoms with van der Waals surface area (Å²) in [6.45, 7) is 4.87. The lowest BCUT2D eigenvalue weighted by molar-refractivity contribution is 0.276. The van der Waals surface area contributed by atoms with Gasteiger partial charge in [-0.05, 0) is 49.7 Å². The number of benzene rings is 2. The summed E-state index contributed by atoms with van der Waals surface area (Å²) < 4.78 is 0. The molecule has 0 saturated heterocycles. The molecule has 4 rings (SSSR count). The number of aliphatic imine (C=N–C) groups is 1. The summed E-state index contributed by atoms with van der Waals surface area (Å²) in [4.78, 5) is 4.88. The molecule has 1 aliphatic heterocycles. The van der Waals surface area contributed by atoms with E-state index in [1.807, 2.05) is 0 Å². The van der Waals surface area contributed by atoms with E-state index in [1.54, 1.807) is 0 Å². The number of rotatable bonds is 3. The first-order valence-corrected chi connectivity index (χ1v) is 9.89. The molecule has 1 heterocycles. The molecule has 0 amide bonds. The topological polar surface area (TPSA) is 36.4 Å². The van der Waals surface area contributed by atoms with Crippen molar-refractivity contribution in [1.82, 2.24) is 10.6 Å². The molecule has 3 nitrogen and oxygen atoms in total. The number of hydrogen-bond donors (Lipinski definition) is 2. The molecule has 1 saturated carbocycles. The van der Waals surface area contributed by atoms with Gasteiger partial charge in [0.1, 0.15) is 5.84 Å². The van der Waals surface area contributed by atoms with E-state index in [0.29, 0.717) is 5.92 Å². The highest BCUT2D eigenvalue weighted by Crippen LogP contribution is 2.39. The van der Waals surface area contributed by atoms with E-state index < -0.39 is 0 Å². The van der Waals surface area contributed by atoms with Crippen LogP contribution in [-0.4, -0.2) is 24.5 Å². The van der Waals surface area contributed by atoms with Crippen LogP contribution in [0.3, 0.4) is 0 Å². The van der Waals surface area contributed by atoms with Gasteiger partial charge in [-0.1, -0.05) is 60.2 Å². The molecular weight excluding hydrogens is 318 g/mol. The van der Waals surface area contributed by atoms with Crippen LogP contribution in [0.5, 0.6) is 0 Å². The molecule has 0 aromatic heterocycles. The second-order valence-electron chi connectivity index (χ2n) is 7.77. The number of aryl methyl sites for hydroxylation is 1. The Labute approximate surface area is 156 Å². The lowest BCUT2D eigenvalue weighted by Crippen LogP contribution is -2.61. The molecule has 0 bridgehead atoms. The summed E-state index contributed by atoms with van der Waals surface area (Å²) in [6, 6.07) is 19.7. The van der Waals surface area contributed by atoms with Gasteiger partial charge in [0.2, 0.25) is 0 Å². The van der Waals surface area contributed by atoms with Gasteiger partial charge in [-0.3, -0.25) is 4.99 Å². The van der Waals surface area contributed by atoms with Crippen molar-refractivity contribution >= 4 is 5.84 Å². The predicted molar refractivity (Wildman–Crippen MR) is 109 cm³/mol. The van der Waals surface area contributed by atoms with E-state index in [2.05, 4.69) is 72.2 Å². The van der Waals surface area contributed by atoms with Gasteiger partial charge in [-0.2, -0.15) is 0 Å². The molecule has 2 aromatic rings. The minimum Gasteiger partial charge on any atom is -0.368 e. The molecule has 0 unspecified atom stereocenters. The Bertz CT molecular complexity index is 758. The van der Waals surface area contributed by atoms with Crippen molar-refractivity contribution in [3.63, 3.8) is 0 Å². The van der Waals surface area contributed by atoms with E-state index in [-0.39, 0.29) is 5.54 Å². The summed E-state index contributed by atoms with van der Waals surface area (Å²) in [7, 11) is 0. The molecule has 1 spiro atoms. The second kappa shape index (κ2) is 7.63. The van der Waals surface area contributed by atoms with Gasteiger partial charge in [-0.25, -0.2) is 0 Å².